The number of para-hydroxylation sites is 1. The monoisotopic (exact) mass is 410 g/mol. The van der Waals surface area contributed by atoms with Crippen LogP contribution in [-0.4, -0.2) is 19.3 Å². The molecule has 3 heterocycles. The molecule has 4 aromatic rings. The SMILES string of the molecule is O=c1c(Cl)c(/C=C/c2cccnc2)nc2scc(-c3ccccc3[N+](=O)[O-])n12. The summed E-state index contributed by atoms with van der Waals surface area (Å²) in [5, 5.41) is 12.9. The second-order valence-corrected chi connectivity index (χ2v) is 6.96. The van der Waals surface area contributed by atoms with Crippen LogP contribution >= 0.6 is 22.9 Å². The van der Waals surface area contributed by atoms with E-state index >= 15 is 0 Å². The van der Waals surface area contributed by atoms with Crippen LogP contribution in [0.5, 0.6) is 0 Å². The fourth-order valence-electron chi connectivity index (χ4n) is 2.74. The lowest BCUT2D eigenvalue weighted by Crippen LogP contribution is -2.16. The molecule has 0 bridgehead atoms. The van der Waals surface area contributed by atoms with Gasteiger partial charge in [0.2, 0.25) is 0 Å². The van der Waals surface area contributed by atoms with E-state index in [1.54, 1.807) is 54.2 Å². The van der Waals surface area contributed by atoms with E-state index in [-0.39, 0.29) is 10.7 Å². The van der Waals surface area contributed by atoms with E-state index in [0.29, 0.717) is 21.9 Å². The fraction of sp³-hybridized carbons (Fsp3) is 0. The summed E-state index contributed by atoms with van der Waals surface area (Å²) in [6.07, 6.45) is 6.74. The number of nitrogens with zero attached hydrogens (tertiary/aromatic N) is 4. The standard InChI is InChI=1S/C19H11ClN4O3S/c20-17-14(8-7-12-4-3-9-21-10-12)22-19-23(18(17)25)16(11-28-19)13-5-1-2-6-15(13)24(26)27/h1-11H/b8-7+. The number of fused-ring (bicyclic) bond motifs is 1. The van der Waals surface area contributed by atoms with Gasteiger partial charge >= 0.3 is 0 Å². The maximum Gasteiger partial charge on any atom is 0.278 e. The number of hydrogen-bond acceptors (Lipinski definition) is 6. The van der Waals surface area contributed by atoms with Crippen LogP contribution in [0.1, 0.15) is 11.3 Å². The smallest absolute Gasteiger partial charge is 0.267 e. The number of rotatable bonds is 4. The van der Waals surface area contributed by atoms with Gasteiger partial charge in [0.1, 0.15) is 5.02 Å². The van der Waals surface area contributed by atoms with Crippen molar-refractivity contribution < 1.29 is 4.92 Å². The fourth-order valence-corrected chi connectivity index (χ4v) is 3.82. The normalized spacial score (nSPS) is 11.3. The molecule has 0 aliphatic carbocycles. The highest BCUT2D eigenvalue weighted by molar-refractivity contribution is 7.15. The number of nitro benzene ring substituents is 1. The summed E-state index contributed by atoms with van der Waals surface area (Å²) in [4.78, 5) is 32.6. The summed E-state index contributed by atoms with van der Waals surface area (Å²) in [6, 6.07) is 9.90. The molecule has 0 saturated heterocycles. The summed E-state index contributed by atoms with van der Waals surface area (Å²) in [6.45, 7) is 0. The van der Waals surface area contributed by atoms with Crippen molar-refractivity contribution in [3.63, 3.8) is 0 Å². The van der Waals surface area contributed by atoms with Crippen molar-refractivity contribution in [1.82, 2.24) is 14.4 Å². The molecule has 0 atom stereocenters. The molecule has 0 aliphatic heterocycles. The molecular formula is C19H11ClN4O3S. The van der Waals surface area contributed by atoms with Crippen molar-refractivity contribution in [2.45, 2.75) is 0 Å². The minimum Gasteiger partial charge on any atom is -0.267 e. The number of hydrogen-bond donors (Lipinski definition) is 0. The third-order valence-electron chi connectivity index (χ3n) is 4.03. The lowest BCUT2D eigenvalue weighted by Gasteiger charge is -2.04. The van der Waals surface area contributed by atoms with E-state index in [1.165, 1.54) is 21.8 Å². The highest BCUT2D eigenvalue weighted by Crippen LogP contribution is 2.32. The second kappa shape index (κ2) is 7.34. The van der Waals surface area contributed by atoms with Gasteiger partial charge in [-0.25, -0.2) is 9.38 Å². The topological polar surface area (TPSA) is 90.4 Å². The van der Waals surface area contributed by atoms with Gasteiger partial charge in [0, 0.05) is 23.8 Å². The summed E-state index contributed by atoms with van der Waals surface area (Å²) >= 11 is 7.48. The van der Waals surface area contributed by atoms with E-state index < -0.39 is 10.5 Å². The van der Waals surface area contributed by atoms with Gasteiger partial charge in [0.05, 0.1) is 21.9 Å². The quantitative estimate of drug-likeness (QED) is 0.363. The highest BCUT2D eigenvalue weighted by Gasteiger charge is 2.20. The van der Waals surface area contributed by atoms with Gasteiger partial charge in [-0.1, -0.05) is 35.9 Å². The molecule has 9 heteroatoms. The van der Waals surface area contributed by atoms with Crippen LogP contribution in [0.15, 0.2) is 59.0 Å². The number of thiazole rings is 1. The molecule has 0 unspecified atom stereocenters. The zero-order valence-electron chi connectivity index (χ0n) is 14.2. The first-order chi connectivity index (χ1) is 13.6. The van der Waals surface area contributed by atoms with Crippen LogP contribution < -0.4 is 5.56 Å². The third kappa shape index (κ3) is 3.19. The molecular weight excluding hydrogens is 400 g/mol. The Morgan fingerprint density at radius 2 is 2.00 bits per heavy atom. The summed E-state index contributed by atoms with van der Waals surface area (Å²) in [5.74, 6) is 0. The summed E-state index contributed by atoms with van der Waals surface area (Å²) < 4.78 is 1.30. The first kappa shape index (κ1) is 18.0. The molecule has 0 fully saturated rings. The maximum atomic E-state index is 12.9. The molecule has 0 amide bonds. The average Bonchev–Trinajstić information content (AvgIpc) is 3.14. The third-order valence-corrected chi connectivity index (χ3v) is 5.22. The molecule has 1 aromatic carbocycles. The van der Waals surface area contributed by atoms with Gasteiger partial charge in [-0.15, -0.1) is 11.3 Å². The van der Waals surface area contributed by atoms with Gasteiger partial charge in [-0.2, -0.15) is 0 Å². The highest BCUT2D eigenvalue weighted by atomic mass is 35.5. The molecule has 0 radical (unpaired) electrons. The number of pyridine rings is 1. The Morgan fingerprint density at radius 1 is 1.18 bits per heavy atom. The molecule has 0 saturated carbocycles. The van der Waals surface area contributed by atoms with Gasteiger partial charge in [-0.3, -0.25) is 19.9 Å². The number of aromatic nitrogens is 3. The summed E-state index contributed by atoms with van der Waals surface area (Å²) in [7, 11) is 0. The second-order valence-electron chi connectivity index (χ2n) is 5.75. The lowest BCUT2D eigenvalue weighted by atomic mass is 10.1. The maximum absolute atomic E-state index is 12.9. The van der Waals surface area contributed by atoms with Crippen molar-refractivity contribution in [1.29, 1.82) is 0 Å². The van der Waals surface area contributed by atoms with Gasteiger partial charge in [-0.05, 0) is 23.8 Å². The van der Waals surface area contributed by atoms with Crippen molar-refractivity contribution in [2.24, 2.45) is 0 Å². The van der Waals surface area contributed by atoms with Crippen molar-refractivity contribution >= 4 is 45.7 Å². The molecule has 0 N–H and O–H groups in total. The van der Waals surface area contributed by atoms with E-state index in [2.05, 4.69) is 9.97 Å². The van der Waals surface area contributed by atoms with Gasteiger partial charge in [0.15, 0.2) is 4.96 Å². The Bertz CT molecular complexity index is 1280. The predicted octanol–water partition coefficient (Wildman–Crippen LogP) is 4.55. The zero-order chi connectivity index (χ0) is 19.7. The van der Waals surface area contributed by atoms with Gasteiger partial charge in [0.25, 0.3) is 11.2 Å². The Hall–Kier alpha value is -3.36. The van der Waals surface area contributed by atoms with Gasteiger partial charge < -0.3 is 0 Å². The van der Waals surface area contributed by atoms with Crippen molar-refractivity contribution in [3.8, 4) is 11.3 Å². The molecule has 138 valence electrons. The van der Waals surface area contributed by atoms with Crippen LogP contribution in [0.25, 0.3) is 28.4 Å². The minimum atomic E-state index is -0.482. The summed E-state index contributed by atoms with van der Waals surface area (Å²) in [5.41, 5.74) is 1.31. The van der Waals surface area contributed by atoms with Crippen LogP contribution in [0.4, 0.5) is 5.69 Å². The Morgan fingerprint density at radius 3 is 2.75 bits per heavy atom. The van der Waals surface area contributed by atoms with E-state index in [9.17, 15) is 14.9 Å². The first-order valence-corrected chi connectivity index (χ1v) is 9.33. The predicted molar refractivity (Wildman–Crippen MR) is 110 cm³/mol. The van der Waals surface area contributed by atoms with Crippen LogP contribution in [0.3, 0.4) is 0 Å². The molecule has 3 aromatic heterocycles. The largest absolute Gasteiger partial charge is 0.278 e. The molecule has 0 aliphatic rings. The zero-order valence-corrected chi connectivity index (χ0v) is 15.7. The van der Waals surface area contributed by atoms with E-state index in [0.717, 1.165) is 5.56 Å². The Balaban J connectivity index is 1.87. The van der Waals surface area contributed by atoms with Crippen molar-refractivity contribution in [3.05, 3.63) is 90.9 Å². The molecule has 7 nitrogen and oxygen atoms in total. The number of benzene rings is 1. The minimum absolute atomic E-state index is 0.0594. The Labute approximate surface area is 167 Å². The number of nitro groups is 1. The molecule has 28 heavy (non-hydrogen) atoms. The van der Waals surface area contributed by atoms with E-state index in [1.807, 2.05) is 6.07 Å². The van der Waals surface area contributed by atoms with E-state index in [4.69, 9.17) is 11.6 Å². The lowest BCUT2D eigenvalue weighted by molar-refractivity contribution is -0.384. The van der Waals surface area contributed by atoms with Crippen LogP contribution in [0.2, 0.25) is 5.02 Å². The Kier molecular flexibility index (Phi) is 4.72. The first-order valence-electron chi connectivity index (χ1n) is 8.08. The average molecular weight is 411 g/mol. The van der Waals surface area contributed by atoms with Crippen LogP contribution in [0, 0.1) is 10.1 Å². The molecule has 4 rings (SSSR count). The van der Waals surface area contributed by atoms with Crippen LogP contribution in [-0.2, 0) is 0 Å². The van der Waals surface area contributed by atoms with Crippen molar-refractivity contribution in [2.75, 3.05) is 0 Å². The molecule has 0 spiro atoms. The number of halogens is 1.